The molecule has 2 nitrogen and oxygen atoms in total. The Morgan fingerprint density at radius 3 is 1.83 bits per heavy atom. The summed E-state index contributed by atoms with van der Waals surface area (Å²) in [4.78, 5) is 0. The van der Waals surface area contributed by atoms with Gasteiger partial charge < -0.3 is 9.84 Å². The number of hydrogen-bond donors (Lipinski definition) is 1. The Morgan fingerprint density at radius 1 is 1.33 bits per heavy atom. The molecule has 9 heteroatoms. The van der Waals surface area contributed by atoms with Gasteiger partial charge in [-0.1, -0.05) is 19.4 Å². The molecule has 0 amide bonds. The van der Waals surface area contributed by atoms with Crippen LogP contribution >= 0.6 is 26.2 Å². The molecule has 76 valence electrons. The smallest absolute Gasteiger partial charge is 0.313 e. The summed E-state index contributed by atoms with van der Waals surface area (Å²) in [6, 6.07) is 0. The van der Waals surface area contributed by atoms with Crippen LogP contribution in [-0.2, 0) is 4.74 Å². The number of aliphatic hydroxyl groups is 1. The van der Waals surface area contributed by atoms with Crippen molar-refractivity contribution < 1.29 is 29.3 Å². The van der Waals surface area contributed by atoms with E-state index in [1.54, 1.807) is 0 Å². The molecule has 0 bridgehead atoms. The van der Waals surface area contributed by atoms with Gasteiger partial charge in [0.25, 0.3) is 0 Å². The molecule has 2 atom stereocenters. The van der Waals surface area contributed by atoms with Crippen molar-refractivity contribution in [3.63, 3.8) is 0 Å². The van der Waals surface area contributed by atoms with Crippen LogP contribution in [0.15, 0.2) is 0 Å². The number of hydrogen-bond acceptors (Lipinski definition) is 2. The molecular formula is C3H4BrF5O2S. The third kappa shape index (κ3) is 1.83. The van der Waals surface area contributed by atoms with E-state index in [0.29, 0.717) is 0 Å². The van der Waals surface area contributed by atoms with Crippen LogP contribution in [0.25, 0.3) is 0 Å². The average molecular weight is 279 g/mol. The molecule has 1 rings (SSSR count). The van der Waals surface area contributed by atoms with Crippen LogP contribution in [0, 0.1) is 0 Å². The van der Waals surface area contributed by atoms with Crippen LogP contribution in [0.4, 0.5) is 19.4 Å². The van der Waals surface area contributed by atoms with Crippen molar-refractivity contribution in [2.24, 2.45) is 0 Å². The van der Waals surface area contributed by atoms with E-state index in [-0.39, 0.29) is 0 Å². The third-order valence-electron chi connectivity index (χ3n) is 1.22. The predicted molar refractivity (Wildman–Crippen MR) is 36.7 cm³/mol. The fraction of sp³-hybridized carbons (Fsp3) is 1.00. The Hall–Kier alpha value is 0.400. The molecule has 0 spiro atoms. The Balaban J connectivity index is 2.92. The topological polar surface area (TPSA) is 32.8 Å². The lowest BCUT2D eigenvalue weighted by Gasteiger charge is -2.39. The van der Waals surface area contributed by atoms with E-state index >= 15 is 0 Å². The first kappa shape index (κ1) is 10.5. The molecule has 1 N–H and O–H groups in total. The van der Waals surface area contributed by atoms with Gasteiger partial charge in [0.15, 0.2) is 4.51 Å². The molecule has 0 radical (unpaired) electrons. The number of alkyl halides is 1. The first-order chi connectivity index (χ1) is 4.89. The zero-order chi connectivity index (χ0) is 9.90. The summed E-state index contributed by atoms with van der Waals surface area (Å²) in [5, 5.41) is 8.24. The second-order valence-electron chi connectivity index (χ2n) is 2.42. The standard InChI is InChI=1S/C3H4BrF5O2S/c4-3(1-10)2(11-3)12(5,6,7,8)9/h2,10H,1H2. The van der Waals surface area contributed by atoms with Gasteiger partial charge in [0.2, 0.25) is 5.44 Å². The summed E-state index contributed by atoms with van der Waals surface area (Å²) in [5.74, 6) is 0. The largest absolute Gasteiger partial charge is 0.392 e. The Morgan fingerprint density at radius 2 is 1.75 bits per heavy atom. The fourth-order valence-electron chi connectivity index (χ4n) is 0.679. The minimum Gasteiger partial charge on any atom is -0.392 e. The molecule has 12 heavy (non-hydrogen) atoms. The summed E-state index contributed by atoms with van der Waals surface area (Å²) in [6.45, 7) is -1.15. The summed E-state index contributed by atoms with van der Waals surface area (Å²) in [7, 11) is -9.60. The number of rotatable bonds is 2. The van der Waals surface area contributed by atoms with Crippen molar-refractivity contribution >= 4 is 26.2 Å². The van der Waals surface area contributed by atoms with Gasteiger partial charge in [0.05, 0.1) is 6.61 Å². The van der Waals surface area contributed by atoms with Gasteiger partial charge >= 0.3 is 10.2 Å². The van der Waals surface area contributed by atoms with Crippen LogP contribution < -0.4 is 0 Å². The molecule has 1 fully saturated rings. The summed E-state index contributed by atoms with van der Waals surface area (Å²) >= 11 is 2.22. The normalized spacial score (nSPS) is 41.8. The molecule has 1 aliphatic heterocycles. The molecule has 1 saturated heterocycles. The van der Waals surface area contributed by atoms with E-state index in [0.717, 1.165) is 0 Å². The van der Waals surface area contributed by atoms with Crippen LogP contribution in [0.1, 0.15) is 0 Å². The maximum atomic E-state index is 11.8. The van der Waals surface area contributed by atoms with Crippen molar-refractivity contribution in [1.29, 1.82) is 0 Å². The highest BCUT2D eigenvalue weighted by Gasteiger charge is 2.85. The molecule has 0 aromatic rings. The molecule has 1 heterocycles. The van der Waals surface area contributed by atoms with Crippen molar-refractivity contribution in [1.82, 2.24) is 0 Å². The minimum absolute atomic E-state index is 1.15. The van der Waals surface area contributed by atoms with Crippen LogP contribution in [0.2, 0.25) is 0 Å². The maximum absolute atomic E-state index is 11.8. The number of ether oxygens (including phenoxy) is 1. The highest BCUT2D eigenvalue weighted by atomic mass is 79.9. The van der Waals surface area contributed by atoms with E-state index in [9.17, 15) is 19.4 Å². The van der Waals surface area contributed by atoms with E-state index in [4.69, 9.17) is 5.11 Å². The van der Waals surface area contributed by atoms with Gasteiger partial charge in [-0.25, -0.2) is 0 Å². The lowest BCUT2D eigenvalue weighted by Crippen LogP contribution is -2.22. The monoisotopic (exact) mass is 278 g/mol. The molecule has 1 aliphatic rings. The third-order valence-corrected chi connectivity index (χ3v) is 3.66. The van der Waals surface area contributed by atoms with Gasteiger partial charge in [-0.05, 0) is 15.9 Å². The quantitative estimate of drug-likeness (QED) is 0.479. The van der Waals surface area contributed by atoms with Crippen LogP contribution in [0.3, 0.4) is 0 Å². The highest BCUT2D eigenvalue weighted by molar-refractivity contribution is 9.10. The Labute approximate surface area is 72.5 Å². The zero-order valence-corrected chi connectivity index (χ0v) is 7.72. The molecule has 0 aromatic heterocycles. The van der Waals surface area contributed by atoms with Crippen molar-refractivity contribution in [3.8, 4) is 0 Å². The van der Waals surface area contributed by atoms with Crippen LogP contribution in [0.5, 0.6) is 0 Å². The first-order valence-corrected chi connectivity index (χ1v) is 5.40. The van der Waals surface area contributed by atoms with E-state index in [2.05, 4.69) is 20.7 Å². The van der Waals surface area contributed by atoms with Crippen LogP contribution in [-0.4, -0.2) is 21.7 Å². The van der Waals surface area contributed by atoms with E-state index < -0.39 is 26.8 Å². The average Bonchev–Trinajstić information content (AvgIpc) is 2.39. The summed E-state index contributed by atoms with van der Waals surface area (Å²) in [5.41, 5.74) is -3.18. The van der Waals surface area contributed by atoms with Gasteiger partial charge in [0.1, 0.15) is 0 Å². The summed E-state index contributed by atoms with van der Waals surface area (Å²) in [6.07, 6.45) is 0. The van der Waals surface area contributed by atoms with Gasteiger partial charge in [-0.15, -0.1) is 0 Å². The SMILES string of the molecule is OCC1(Br)OC1S(F)(F)(F)(F)F. The minimum atomic E-state index is -9.60. The molecule has 0 saturated carbocycles. The molecule has 0 aromatic carbocycles. The second kappa shape index (κ2) is 1.77. The van der Waals surface area contributed by atoms with Crippen molar-refractivity contribution in [3.05, 3.63) is 0 Å². The first-order valence-electron chi connectivity index (χ1n) is 2.59. The van der Waals surface area contributed by atoms with Gasteiger partial charge in [-0.2, -0.15) is 0 Å². The second-order valence-corrected chi connectivity index (χ2v) is 6.25. The van der Waals surface area contributed by atoms with Gasteiger partial charge in [-0.3, -0.25) is 0 Å². The molecule has 0 aliphatic carbocycles. The zero-order valence-electron chi connectivity index (χ0n) is 5.32. The lowest BCUT2D eigenvalue weighted by atomic mass is 10.5. The molecule has 2 unspecified atom stereocenters. The number of halogens is 6. The predicted octanol–water partition coefficient (Wildman–Crippen LogP) is 2.72. The van der Waals surface area contributed by atoms with E-state index in [1.807, 2.05) is 0 Å². The van der Waals surface area contributed by atoms with Crippen molar-refractivity contribution in [2.75, 3.05) is 6.61 Å². The Kier molecular flexibility index (Phi) is 1.55. The summed E-state index contributed by atoms with van der Waals surface area (Å²) < 4.78 is 60.4. The van der Waals surface area contributed by atoms with Crippen molar-refractivity contribution in [2.45, 2.75) is 9.95 Å². The van der Waals surface area contributed by atoms with E-state index in [1.165, 1.54) is 0 Å². The maximum Gasteiger partial charge on any atom is 0.313 e. The lowest BCUT2D eigenvalue weighted by molar-refractivity contribution is 0.229. The molecular weight excluding hydrogens is 275 g/mol. The highest BCUT2D eigenvalue weighted by Crippen LogP contribution is 3.04. The number of epoxide rings is 1. The van der Waals surface area contributed by atoms with Gasteiger partial charge in [0, 0.05) is 0 Å². The fourth-order valence-corrected chi connectivity index (χ4v) is 3.14. The number of aliphatic hydroxyl groups excluding tert-OH is 1. The Bertz CT molecular complexity index is 224.